The molecule has 5 atom stereocenters. The lowest BCUT2D eigenvalue weighted by molar-refractivity contribution is -0.158. The van der Waals surface area contributed by atoms with E-state index in [4.69, 9.17) is 9.26 Å². The van der Waals surface area contributed by atoms with Crippen LogP contribution in [0.15, 0.2) is 10.6 Å². The van der Waals surface area contributed by atoms with Crippen molar-refractivity contribution < 1.29 is 28.3 Å². The quantitative estimate of drug-likeness (QED) is 0.514. The minimum Gasteiger partial charge on any atom is -0.481 e. The highest BCUT2D eigenvalue weighted by Gasteiger charge is 2.77. The first-order valence-corrected chi connectivity index (χ1v) is 12.2. The van der Waals surface area contributed by atoms with Crippen molar-refractivity contribution in [1.29, 1.82) is 0 Å². The number of alkyl halides is 1. The molecule has 4 aliphatic rings. The second-order valence-electron chi connectivity index (χ2n) is 10.5. The van der Waals surface area contributed by atoms with Gasteiger partial charge in [-0.25, -0.2) is 4.39 Å². The first-order chi connectivity index (χ1) is 15.9. The molecule has 8 nitrogen and oxygen atoms in total. The Balaban J connectivity index is 1.29. The maximum Gasteiger partial charge on any atom is 0.307 e. The molecule has 3 aliphatic carbocycles. The van der Waals surface area contributed by atoms with E-state index in [0.29, 0.717) is 50.6 Å². The topological polar surface area (TPSA) is 105 Å². The van der Waals surface area contributed by atoms with E-state index in [9.17, 15) is 19.1 Å². The van der Waals surface area contributed by atoms with E-state index in [0.717, 1.165) is 32.2 Å². The molecule has 33 heavy (non-hydrogen) atoms. The molecule has 0 aromatic carbocycles. The summed E-state index contributed by atoms with van der Waals surface area (Å²) in [6.07, 6.45) is 4.02. The minimum atomic E-state index is -0.971. The Labute approximate surface area is 193 Å². The molecule has 1 saturated heterocycles. The van der Waals surface area contributed by atoms with Crippen LogP contribution in [0.2, 0.25) is 0 Å². The Kier molecular flexibility index (Phi) is 5.97. The Hall–Kier alpha value is -2.00. The summed E-state index contributed by atoms with van der Waals surface area (Å²) >= 11 is 0. The highest BCUT2D eigenvalue weighted by Crippen LogP contribution is 2.79. The molecule has 5 rings (SSSR count). The third-order valence-electron chi connectivity index (χ3n) is 8.83. The number of rotatable bonds is 10. The Morgan fingerprint density at radius 3 is 2.79 bits per heavy atom. The molecule has 182 valence electrons. The molecule has 1 spiro atoms. The van der Waals surface area contributed by atoms with E-state index in [1.54, 1.807) is 13.0 Å². The molecule has 0 unspecified atom stereocenters. The summed E-state index contributed by atoms with van der Waals surface area (Å²) in [5.41, 5.74) is -0.335. The fourth-order valence-electron chi connectivity index (χ4n) is 7.39. The molecule has 0 radical (unpaired) electrons. The van der Waals surface area contributed by atoms with Gasteiger partial charge in [-0.1, -0.05) is 5.16 Å². The summed E-state index contributed by atoms with van der Waals surface area (Å²) < 4.78 is 24.4. The van der Waals surface area contributed by atoms with Crippen LogP contribution >= 0.6 is 0 Å². The van der Waals surface area contributed by atoms with Crippen molar-refractivity contribution >= 4 is 11.9 Å². The lowest BCUT2D eigenvalue weighted by Crippen LogP contribution is -2.52. The number of nitrogens with zero attached hydrogens (tertiary/aromatic N) is 2. The van der Waals surface area contributed by atoms with Crippen LogP contribution in [0.1, 0.15) is 50.0 Å². The number of hydrogen-bond donors (Lipinski definition) is 2. The molecule has 1 aromatic heterocycles. The van der Waals surface area contributed by atoms with Gasteiger partial charge in [0.25, 0.3) is 0 Å². The number of aliphatic carboxylic acids is 1. The fourth-order valence-corrected chi connectivity index (χ4v) is 7.39. The zero-order valence-electron chi connectivity index (χ0n) is 19.2. The molecule has 1 amide bonds. The van der Waals surface area contributed by atoms with Gasteiger partial charge < -0.3 is 19.7 Å². The largest absolute Gasteiger partial charge is 0.481 e. The number of carboxylic acids is 1. The minimum absolute atomic E-state index is 0.0105. The standard InChI is InChI=1S/C24H34FN3O5/c1-15-12-17(27-33-15)13-26-22(31)24(7-10-32-11-9-28-8-4-16(25)14-28)19-3-2-18(20(24)21(29)30)23(19)5-6-23/h12,16,18-20H,2-11,13-14H2,1H3,(H,26,31)(H,29,30)/t16-,18+,19-,20-,24+/m0/s1. The first-order valence-electron chi connectivity index (χ1n) is 12.2. The van der Waals surface area contributed by atoms with Crippen molar-refractivity contribution in [2.45, 2.75) is 58.2 Å². The third kappa shape index (κ3) is 3.87. The molecule has 3 saturated carbocycles. The molecule has 1 aromatic rings. The molecule has 1 aliphatic heterocycles. The number of aryl methyl sites for hydroxylation is 1. The zero-order chi connectivity index (χ0) is 23.2. The highest BCUT2D eigenvalue weighted by atomic mass is 19.1. The van der Waals surface area contributed by atoms with Crippen molar-refractivity contribution in [2.24, 2.45) is 28.6 Å². The van der Waals surface area contributed by atoms with Gasteiger partial charge in [0, 0.05) is 32.3 Å². The Morgan fingerprint density at radius 2 is 2.15 bits per heavy atom. The smallest absolute Gasteiger partial charge is 0.307 e. The van der Waals surface area contributed by atoms with Gasteiger partial charge in [0.2, 0.25) is 5.91 Å². The Morgan fingerprint density at radius 1 is 1.33 bits per heavy atom. The lowest BCUT2D eigenvalue weighted by Gasteiger charge is -2.40. The third-order valence-corrected chi connectivity index (χ3v) is 8.83. The van der Waals surface area contributed by atoms with Crippen molar-refractivity contribution in [3.63, 3.8) is 0 Å². The van der Waals surface area contributed by atoms with Crippen LogP contribution < -0.4 is 5.32 Å². The number of likely N-dealkylation sites (tertiary alicyclic amines) is 1. The number of halogens is 1. The van der Waals surface area contributed by atoms with E-state index in [1.165, 1.54) is 0 Å². The number of carbonyl (C=O) groups excluding carboxylic acids is 1. The summed E-state index contributed by atoms with van der Waals surface area (Å²) in [5.74, 6) is -0.952. The van der Waals surface area contributed by atoms with E-state index < -0.39 is 23.5 Å². The maximum atomic E-state index is 13.7. The SMILES string of the molecule is Cc1cc(CNC(=O)[C@@]2(CCOCCN3CC[C@H](F)C3)[C@H](C(=O)O)[C@H]3CC[C@H]2C32CC2)no1. The molecule has 2 bridgehead atoms. The summed E-state index contributed by atoms with van der Waals surface area (Å²) in [6.45, 7) is 4.64. The highest BCUT2D eigenvalue weighted by molar-refractivity contribution is 5.90. The summed E-state index contributed by atoms with van der Waals surface area (Å²) in [4.78, 5) is 28.3. The Bertz CT molecular complexity index is 902. The first kappa shape index (κ1) is 22.8. The van der Waals surface area contributed by atoms with Gasteiger partial charge in [0.15, 0.2) is 0 Å². The monoisotopic (exact) mass is 463 g/mol. The molecule has 2 N–H and O–H groups in total. The molecule has 2 heterocycles. The molecular weight excluding hydrogens is 429 g/mol. The van der Waals surface area contributed by atoms with Crippen molar-refractivity contribution in [3.8, 4) is 0 Å². The maximum absolute atomic E-state index is 13.7. The van der Waals surface area contributed by atoms with Crippen molar-refractivity contribution in [2.75, 3.05) is 32.8 Å². The zero-order valence-corrected chi connectivity index (χ0v) is 19.2. The van der Waals surface area contributed by atoms with Gasteiger partial charge in [0.05, 0.1) is 24.5 Å². The van der Waals surface area contributed by atoms with Gasteiger partial charge in [-0.3, -0.25) is 14.5 Å². The van der Waals surface area contributed by atoms with Crippen LogP contribution in [0.25, 0.3) is 0 Å². The van der Waals surface area contributed by atoms with Crippen LogP contribution in [0.4, 0.5) is 4.39 Å². The van der Waals surface area contributed by atoms with Crippen molar-refractivity contribution in [1.82, 2.24) is 15.4 Å². The summed E-state index contributed by atoms with van der Waals surface area (Å²) in [6, 6.07) is 1.77. The van der Waals surface area contributed by atoms with Crippen LogP contribution in [0.5, 0.6) is 0 Å². The van der Waals surface area contributed by atoms with Crippen molar-refractivity contribution in [3.05, 3.63) is 17.5 Å². The second kappa shape index (κ2) is 8.65. The van der Waals surface area contributed by atoms with Crippen LogP contribution in [0.3, 0.4) is 0 Å². The van der Waals surface area contributed by atoms with Gasteiger partial charge in [-0.2, -0.15) is 0 Å². The van der Waals surface area contributed by atoms with E-state index >= 15 is 0 Å². The van der Waals surface area contributed by atoms with Gasteiger partial charge in [-0.05, 0) is 62.7 Å². The second-order valence-corrected chi connectivity index (χ2v) is 10.5. The number of aromatic nitrogens is 1. The van der Waals surface area contributed by atoms with E-state index in [1.807, 2.05) is 4.90 Å². The lowest BCUT2D eigenvalue weighted by atomic mass is 9.63. The molecule has 9 heteroatoms. The molecule has 4 fully saturated rings. The van der Waals surface area contributed by atoms with E-state index in [2.05, 4.69) is 10.5 Å². The van der Waals surface area contributed by atoms with Gasteiger partial charge >= 0.3 is 5.97 Å². The number of amides is 1. The number of nitrogens with one attached hydrogen (secondary N) is 1. The number of carbonyl (C=O) groups is 2. The van der Waals surface area contributed by atoms with E-state index in [-0.39, 0.29) is 29.7 Å². The predicted molar refractivity (Wildman–Crippen MR) is 116 cm³/mol. The predicted octanol–water partition coefficient (Wildman–Crippen LogP) is 2.56. The van der Waals surface area contributed by atoms with Crippen LogP contribution in [-0.2, 0) is 20.9 Å². The fraction of sp³-hybridized carbons (Fsp3) is 0.792. The van der Waals surface area contributed by atoms with Gasteiger partial charge in [-0.15, -0.1) is 0 Å². The molecular formula is C24H34FN3O5. The van der Waals surface area contributed by atoms with Gasteiger partial charge in [0.1, 0.15) is 17.6 Å². The van der Waals surface area contributed by atoms with Crippen LogP contribution in [0, 0.1) is 35.5 Å². The summed E-state index contributed by atoms with van der Waals surface area (Å²) in [5, 5.41) is 17.2. The number of carboxylic acid groups (broad SMARTS) is 1. The number of hydrogen-bond acceptors (Lipinski definition) is 6. The number of ether oxygens (including phenoxy) is 1. The summed E-state index contributed by atoms with van der Waals surface area (Å²) in [7, 11) is 0. The van der Waals surface area contributed by atoms with Crippen LogP contribution in [-0.4, -0.2) is 66.1 Å². The average Bonchev–Trinajstić information content (AvgIpc) is 3.01. The average molecular weight is 464 g/mol. The normalized spacial score (nSPS) is 34.2.